The average molecular weight is 418 g/mol. The molecule has 0 bridgehead atoms. The molecule has 0 unspecified atom stereocenters. The molecule has 0 aromatic heterocycles. The molecule has 0 fully saturated rings. The Labute approximate surface area is 164 Å². The van der Waals surface area contributed by atoms with Crippen LogP contribution in [0.5, 0.6) is 5.75 Å². The van der Waals surface area contributed by atoms with Gasteiger partial charge in [0.15, 0.2) is 6.61 Å². The largest absolute Gasteiger partial charge is 0.484 e. The Balaban J connectivity index is 0.00000243. The molecule has 1 heterocycles. The lowest BCUT2D eigenvalue weighted by Crippen LogP contribution is -2.44. The third-order valence-electron chi connectivity index (χ3n) is 4.22. The number of nitrogens with zero attached hydrogens (tertiary/aromatic N) is 1. The molecular weight excluding hydrogens is 394 g/mol. The number of amidine groups is 1. The van der Waals surface area contributed by atoms with Gasteiger partial charge in [0.2, 0.25) is 0 Å². The number of carbonyl (C=O) groups is 1. The quantitative estimate of drug-likeness (QED) is 0.794. The summed E-state index contributed by atoms with van der Waals surface area (Å²) in [6, 6.07) is 15.5. The van der Waals surface area contributed by atoms with Gasteiger partial charge in [-0.3, -0.25) is 20.6 Å². The summed E-state index contributed by atoms with van der Waals surface area (Å²) in [6.07, 6.45) is 0. The minimum atomic E-state index is -0.280. The van der Waals surface area contributed by atoms with Crippen LogP contribution in [0.1, 0.15) is 37.5 Å². The summed E-state index contributed by atoms with van der Waals surface area (Å²) in [5.74, 6) is 0.680. The number of halogens is 1. The topological polar surface area (TPSA) is 65.4 Å². The number of benzene rings is 2. The van der Waals surface area contributed by atoms with E-state index in [1.807, 2.05) is 48.5 Å². The van der Waals surface area contributed by atoms with Crippen molar-refractivity contribution in [2.75, 3.05) is 6.61 Å². The molecule has 5 nitrogen and oxygen atoms in total. The summed E-state index contributed by atoms with van der Waals surface area (Å²) in [5.41, 5.74) is 5.91. The standard InChI is InChI=1S/C20H23N3O2.BrH/c1-20(2,3)15-8-10-16(11-9-15)25-13-18(24)22-23-12-14-6-4-5-7-17(14)19(23)21;/h4-11,21H,12-13H2,1-3H3,(H,22,24);1H. The molecule has 2 N–H and O–H groups in total. The Hall–Kier alpha value is -2.34. The predicted octanol–water partition coefficient (Wildman–Crippen LogP) is 3.81. The van der Waals surface area contributed by atoms with E-state index in [1.54, 1.807) is 5.01 Å². The molecule has 1 aliphatic heterocycles. The lowest BCUT2D eigenvalue weighted by molar-refractivity contribution is -0.126. The maximum atomic E-state index is 12.1. The van der Waals surface area contributed by atoms with E-state index in [1.165, 1.54) is 5.56 Å². The molecule has 2 aromatic carbocycles. The third-order valence-corrected chi connectivity index (χ3v) is 4.22. The van der Waals surface area contributed by atoms with Gasteiger partial charge >= 0.3 is 0 Å². The van der Waals surface area contributed by atoms with Crippen LogP contribution in [-0.2, 0) is 16.8 Å². The zero-order valence-electron chi connectivity index (χ0n) is 15.2. The van der Waals surface area contributed by atoms with Crippen molar-refractivity contribution < 1.29 is 9.53 Å². The summed E-state index contributed by atoms with van der Waals surface area (Å²) in [4.78, 5) is 12.1. The molecule has 3 rings (SSSR count). The van der Waals surface area contributed by atoms with Gasteiger partial charge in [-0.15, -0.1) is 17.0 Å². The van der Waals surface area contributed by atoms with E-state index < -0.39 is 0 Å². The normalized spacial score (nSPS) is 13.0. The van der Waals surface area contributed by atoms with Crippen molar-refractivity contribution >= 4 is 28.7 Å². The van der Waals surface area contributed by atoms with E-state index in [2.05, 4.69) is 26.2 Å². The molecule has 138 valence electrons. The summed E-state index contributed by atoms with van der Waals surface area (Å²) in [5, 5.41) is 9.67. The highest BCUT2D eigenvalue weighted by Crippen LogP contribution is 2.24. The molecule has 26 heavy (non-hydrogen) atoms. The number of carbonyl (C=O) groups excluding carboxylic acids is 1. The monoisotopic (exact) mass is 417 g/mol. The Morgan fingerprint density at radius 1 is 1.15 bits per heavy atom. The molecule has 0 spiro atoms. The average Bonchev–Trinajstić information content (AvgIpc) is 2.89. The maximum Gasteiger partial charge on any atom is 0.276 e. The Morgan fingerprint density at radius 2 is 1.81 bits per heavy atom. The number of rotatable bonds is 4. The number of ether oxygens (including phenoxy) is 1. The molecule has 0 saturated heterocycles. The highest BCUT2D eigenvalue weighted by molar-refractivity contribution is 8.93. The van der Waals surface area contributed by atoms with Gasteiger partial charge in [0, 0.05) is 5.56 Å². The van der Waals surface area contributed by atoms with Gasteiger partial charge in [-0.05, 0) is 28.7 Å². The lowest BCUT2D eigenvalue weighted by Gasteiger charge is -2.20. The molecule has 0 saturated carbocycles. The van der Waals surface area contributed by atoms with Gasteiger partial charge in [0.05, 0.1) is 6.54 Å². The van der Waals surface area contributed by atoms with Crippen LogP contribution in [0.25, 0.3) is 0 Å². The second-order valence-electron chi connectivity index (χ2n) is 7.19. The van der Waals surface area contributed by atoms with E-state index >= 15 is 0 Å². The van der Waals surface area contributed by atoms with E-state index in [4.69, 9.17) is 10.1 Å². The first-order valence-corrected chi connectivity index (χ1v) is 8.32. The molecule has 6 heteroatoms. The summed E-state index contributed by atoms with van der Waals surface area (Å²) in [6.45, 7) is 6.87. The molecule has 0 aliphatic carbocycles. The van der Waals surface area contributed by atoms with Crippen LogP contribution in [0.3, 0.4) is 0 Å². The number of fused-ring (bicyclic) bond motifs is 1. The van der Waals surface area contributed by atoms with Crippen LogP contribution in [-0.4, -0.2) is 23.4 Å². The predicted molar refractivity (Wildman–Crippen MR) is 108 cm³/mol. The van der Waals surface area contributed by atoms with Crippen molar-refractivity contribution in [3.8, 4) is 5.75 Å². The molecule has 0 atom stereocenters. The van der Waals surface area contributed by atoms with Crippen LogP contribution in [0.2, 0.25) is 0 Å². The molecule has 2 aromatic rings. The fraction of sp³-hybridized carbons (Fsp3) is 0.300. The summed E-state index contributed by atoms with van der Waals surface area (Å²) in [7, 11) is 0. The van der Waals surface area contributed by atoms with Gasteiger partial charge < -0.3 is 4.74 Å². The van der Waals surface area contributed by atoms with Crippen molar-refractivity contribution in [2.24, 2.45) is 0 Å². The van der Waals surface area contributed by atoms with Crippen molar-refractivity contribution in [3.63, 3.8) is 0 Å². The molecular formula is C20H24BrN3O2. The first-order valence-electron chi connectivity index (χ1n) is 8.32. The van der Waals surface area contributed by atoms with E-state index in [0.29, 0.717) is 18.1 Å². The first-order chi connectivity index (χ1) is 11.8. The second-order valence-corrected chi connectivity index (χ2v) is 7.19. The van der Waals surface area contributed by atoms with Gasteiger partial charge in [0.1, 0.15) is 11.6 Å². The SMILES string of the molecule is Br.CC(C)(C)c1ccc(OCC(=O)NN2Cc3ccccc3C2=N)cc1. The fourth-order valence-corrected chi connectivity index (χ4v) is 2.76. The van der Waals surface area contributed by atoms with Crippen molar-refractivity contribution in [1.82, 2.24) is 10.4 Å². The van der Waals surface area contributed by atoms with Crippen LogP contribution in [0, 0.1) is 5.41 Å². The van der Waals surface area contributed by atoms with E-state index in [0.717, 1.165) is 11.1 Å². The highest BCUT2D eigenvalue weighted by atomic mass is 79.9. The van der Waals surface area contributed by atoms with Crippen LogP contribution in [0.15, 0.2) is 48.5 Å². The first kappa shape index (κ1) is 20.0. The fourth-order valence-electron chi connectivity index (χ4n) is 2.76. The zero-order chi connectivity index (χ0) is 18.0. The van der Waals surface area contributed by atoms with Gasteiger partial charge in [-0.25, -0.2) is 0 Å². The van der Waals surface area contributed by atoms with Gasteiger partial charge in [-0.2, -0.15) is 0 Å². The Kier molecular flexibility index (Phi) is 6.08. The second kappa shape index (κ2) is 7.91. The molecule has 1 amide bonds. The molecule has 1 aliphatic rings. The van der Waals surface area contributed by atoms with Crippen LogP contribution >= 0.6 is 17.0 Å². The lowest BCUT2D eigenvalue weighted by atomic mass is 9.87. The zero-order valence-corrected chi connectivity index (χ0v) is 16.9. The van der Waals surface area contributed by atoms with Gasteiger partial charge in [-0.1, -0.05) is 57.2 Å². The summed E-state index contributed by atoms with van der Waals surface area (Å²) >= 11 is 0. The Morgan fingerprint density at radius 3 is 2.42 bits per heavy atom. The van der Waals surface area contributed by atoms with Crippen molar-refractivity contribution in [1.29, 1.82) is 5.41 Å². The summed E-state index contributed by atoms with van der Waals surface area (Å²) < 4.78 is 5.55. The van der Waals surface area contributed by atoms with Crippen LogP contribution in [0.4, 0.5) is 0 Å². The maximum absolute atomic E-state index is 12.1. The number of hydrogen-bond donors (Lipinski definition) is 2. The van der Waals surface area contributed by atoms with Crippen molar-refractivity contribution in [2.45, 2.75) is 32.7 Å². The minimum absolute atomic E-state index is 0. The number of hydrogen-bond acceptors (Lipinski definition) is 3. The molecule has 0 radical (unpaired) electrons. The van der Waals surface area contributed by atoms with Gasteiger partial charge in [0.25, 0.3) is 5.91 Å². The van der Waals surface area contributed by atoms with E-state index in [9.17, 15) is 4.79 Å². The Bertz CT molecular complexity index is 797. The minimum Gasteiger partial charge on any atom is -0.484 e. The van der Waals surface area contributed by atoms with E-state index in [-0.39, 0.29) is 34.9 Å². The number of amides is 1. The third kappa shape index (κ3) is 4.43. The number of nitrogens with one attached hydrogen (secondary N) is 2. The number of hydrazine groups is 1. The smallest absolute Gasteiger partial charge is 0.276 e. The van der Waals surface area contributed by atoms with Crippen LogP contribution < -0.4 is 10.2 Å². The van der Waals surface area contributed by atoms with Crippen molar-refractivity contribution in [3.05, 3.63) is 65.2 Å². The highest BCUT2D eigenvalue weighted by Gasteiger charge is 2.25.